The van der Waals surface area contributed by atoms with Gasteiger partial charge in [-0.2, -0.15) is 0 Å². The van der Waals surface area contributed by atoms with Gasteiger partial charge in [0.15, 0.2) is 0 Å². The average molecular weight is 422 g/mol. The van der Waals surface area contributed by atoms with E-state index in [-0.39, 0.29) is 5.39 Å². The molecule has 6 nitrogen and oxygen atoms in total. The quantitative estimate of drug-likeness (QED) is 0.623. The molecule has 0 radical (unpaired) electrons. The second kappa shape index (κ2) is 7.29. The smallest absolute Gasteiger partial charge is 0.341 e. The van der Waals surface area contributed by atoms with Crippen molar-refractivity contribution in [2.45, 2.75) is 31.6 Å². The van der Waals surface area contributed by atoms with E-state index in [2.05, 4.69) is 24.1 Å². The number of hydrogen-bond acceptors (Lipinski definition) is 4. The fraction of sp³-hybridized carbons (Fsp3) is 0.524. The molecule has 0 amide bonds. The monoisotopic (exact) mass is 421 g/mol. The van der Waals surface area contributed by atoms with Gasteiger partial charge in [0.25, 0.3) is 0 Å². The Morgan fingerprint density at radius 1 is 1.45 bits per heavy atom. The second-order valence-electron chi connectivity index (χ2n) is 8.26. The van der Waals surface area contributed by atoms with Crippen molar-refractivity contribution in [3.8, 4) is 0 Å². The summed E-state index contributed by atoms with van der Waals surface area (Å²) in [4.78, 5) is 28.2. The molecule has 4 rings (SSSR count). The molecule has 2 aliphatic rings. The number of carbonyl (C=O) groups is 1. The number of alkyl halides is 1. The van der Waals surface area contributed by atoms with Crippen LogP contribution in [0.15, 0.2) is 17.1 Å². The van der Waals surface area contributed by atoms with Crippen LogP contribution in [0, 0.1) is 17.7 Å². The van der Waals surface area contributed by atoms with Gasteiger partial charge in [-0.3, -0.25) is 4.79 Å². The number of H-pyrrole nitrogens is 1. The first-order chi connectivity index (χ1) is 13.8. The van der Waals surface area contributed by atoms with Crippen LogP contribution in [0.2, 0.25) is 0 Å². The molecule has 3 N–H and O–H groups in total. The first-order valence-corrected chi connectivity index (χ1v) is 10.4. The van der Waals surface area contributed by atoms with Crippen molar-refractivity contribution in [3.05, 3.63) is 39.4 Å². The first kappa shape index (κ1) is 20.2. The third-order valence-corrected chi connectivity index (χ3v) is 6.78. The number of benzene rings is 1. The molecule has 0 bridgehead atoms. The van der Waals surface area contributed by atoms with Crippen LogP contribution in [0.3, 0.4) is 0 Å². The number of aromatic carboxylic acids is 1. The summed E-state index contributed by atoms with van der Waals surface area (Å²) in [6, 6.07) is 1.16. The highest BCUT2D eigenvalue weighted by molar-refractivity contribution is 6.27. The van der Waals surface area contributed by atoms with Crippen LogP contribution in [-0.2, 0) is 4.87 Å². The predicted octanol–water partition coefficient (Wildman–Crippen LogP) is 3.28. The minimum absolute atomic E-state index is 0.0320. The molecular formula is C21H25ClFN3O3. The first-order valence-electron chi connectivity index (χ1n) is 10.0. The maximum Gasteiger partial charge on any atom is 0.341 e. The summed E-state index contributed by atoms with van der Waals surface area (Å²) in [6.07, 6.45) is 2.56. The fourth-order valence-electron chi connectivity index (χ4n) is 4.40. The molecule has 1 aromatic heterocycles. The number of pyridine rings is 1. The number of nitrogens with one attached hydrogen (secondary N) is 2. The molecule has 1 saturated carbocycles. The molecule has 2 atom stereocenters. The lowest BCUT2D eigenvalue weighted by molar-refractivity contribution is 0.0695. The number of nitrogens with zero attached hydrogens (tertiary/aromatic N) is 1. The fourth-order valence-corrected chi connectivity index (χ4v) is 4.68. The highest BCUT2D eigenvalue weighted by Crippen LogP contribution is 2.57. The third-order valence-electron chi connectivity index (χ3n) is 6.21. The van der Waals surface area contributed by atoms with Crippen LogP contribution in [-0.4, -0.2) is 42.2 Å². The minimum atomic E-state index is -1.34. The largest absolute Gasteiger partial charge is 0.477 e. The Morgan fingerprint density at radius 3 is 2.79 bits per heavy atom. The van der Waals surface area contributed by atoms with Gasteiger partial charge in [-0.25, -0.2) is 9.18 Å². The molecule has 29 heavy (non-hydrogen) atoms. The van der Waals surface area contributed by atoms with Crippen LogP contribution in [0.5, 0.6) is 0 Å². The lowest BCUT2D eigenvalue weighted by Gasteiger charge is -2.26. The highest BCUT2D eigenvalue weighted by atomic mass is 35.5. The number of anilines is 1. The summed E-state index contributed by atoms with van der Waals surface area (Å²) >= 11 is 6.77. The van der Waals surface area contributed by atoms with E-state index in [1.807, 2.05) is 4.90 Å². The van der Waals surface area contributed by atoms with Crippen molar-refractivity contribution in [2.75, 3.05) is 31.1 Å². The standard InChI is InChI=1S/C21H25ClFN3O3/c1-3-24-7-12-10-26(9-11(12)2)18-15(23)6-13-17(16(18)21(22)4-5-21)25-8-14(19(13)27)20(28)29/h6,8,11-12,24H,3-5,7,9-10H2,1-2H3,(H,25,27)(H,28,29). The van der Waals surface area contributed by atoms with E-state index in [4.69, 9.17) is 11.6 Å². The maximum absolute atomic E-state index is 15.4. The van der Waals surface area contributed by atoms with Gasteiger partial charge in [-0.15, -0.1) is 11.6 Å². The van der Waals surface area contributed by atoms with Gasteiger partial charge >= 0.3 is 5.97 Å². The molecule has 1 saturated heterocycles. The number of halogens is 2. The van der Waals surface area contributed by atoms with Crippen molar-refractivity contribution in [1.82, 2.24) is 10.3 Å². The summed E-state index contributed by atoms with van der Waals surface area (Å²) in [5, 5.41) is 12.6. The zero-order chi connectivity index (χ0) is 20.9. The van der Waals surface area contributed by atoms with Crippen molar-refractivity contribution >= 4 is 34.2 Å². The number of rotatable bonds is 6. The van der Waals surface area contributed by atoms with Gasteiger partial charge in [-0.1, -0.05) is 13.8 Å². The molecule has 2 unspecified atom stereocenters. The minimum Gasteiger partial charge on any atom is -0.477 e. The third kappa shape index (κ3) is 3.40. The SMILES string of the molecule is CCNCC1CN(c2c(F)cc3c(=O)c(C(=O)O)c[nH]c3c2C2(Cl)CC2)CC1C. The van der Waals surface area contributed by atoms with Crippen molar-refractivity contribution in [2.24, 2.45) is 11.8 Å². The lowest BCUT2D eigenvalue weighted by Crippen LogP contribution is -2.28. The molecule has 0 spiro atoms. The normalized spacial score (nSPS) is 23.0. The van der Waals surface area contributed by atoms with Crippen molar-refractivity contribution in [3.63, 3.8) is 0 Å². The molecule has 2 heterocycles. The molecule has 8 heteroatoms. The Balaban J connectivity index is 1.87. The van der Waals surface area contributed by atoms with Gasteiger partial charge in [0.2, 0.25) is 5.43 Å². The lowest BCUT2D eigenvalue weighted by atomic mass is 9.98. The Morgan fingerprint density at radius 2 is 2.17 bits per heavy atom. The number of carboxylic acid groups (broad SMARTS) is 1. The summed E-state index contributed by atoms with van der Waals surface area (Å²) in [5.41, 5.74) is 0.356. The zero-order valence-electron chi connectivity index (χ0n) is 16.5. The van der Waals surface area contributed by atoms with Crippen LogP contribution >= 0.6 is 11.6 Å². The molecular weight excluding hydrogens is 397 g/mol. The van der Waals surface area contributed by atoms with Crippen LogP contribution in [0.1, 0.15) is 42.6 Å². The van der Waals surface area contributed by atoms with E-state index in [0.29, 0.717) is 54.5 Å². The number of carboxylic acids is 1. The number of aromatic amines is 1. The van der Waals surface area contributed by atoms with Crippen LogP contribution < -0.4 is 15.6 Å². The number of fused-ring (bicyclic) bond motifs is 1. The average Bonchev–Trinajstić information content (AvgIpc) is 3.31. The van der Waals surface area contributed by atoms with E-state index < -0.39 is 27.7 Å². The second-order valence-corrected chi connectivity index (χ2v) is 8.98. The summed E-state index contributed by atoms with van der Waals surface area (Å²) in [5.74, 6) is -1.10. The maximum atomic E-state index is 15.4. The van der Waals surface area contributed by atoms with E-state index in [0.717, 1.165) is 19.2 Å². The van der Waals surface area contributed by atoms with Crippen molar-refractivity contribution in [1.29, 1.82) is 0 Å². The Kier molecular flexibility index (Phi) is 5.07. The van der Waals surface area contributed by atoms with E-state index in [1.54, 1.807) is 0 Å². The van der Waals surface area contributed by atoms with E-state index >= 15 is 4.39 Å². The molecule has 1 aliphatic carbocycles. The van der Waals surface area contributed by atoms with Gasteiger partial charge in [0, 0.05) is 30.2 Å². The van der Waals surface area contributed by atoms with Gasteiger partial charge < -0.3 is 20.3 Å². The summed E-state index contributed by atoms with van der Waals surface area (Å²) in [6.45, 7) is 7.38. The molecule has 2 aromatic rings. The molecule has 156 valence electrons. The topological polar surface area (TPSA) is 85.4 Å². The van der Waals surface area contributed by atoms with Gasteiger partial charge in [-0.05, 0) is 43.8 Å². The summed E-state index contributed by atoms with van der Waals surface area (Å²) < 4.78 is 15.4. The summed E-state index contributed by atoms with van der Waals surface area (Å²) in [7, 11) is 0. The number of hydrogen-bond donors (Lipinski definition) is 3. The van der Waals surface area contributed by atoms with E-state index in [1.165, 1.54) is 6.20 Å². The Hall–Kier alpha value is -2.12. The predicted molar refractivity (Wildman–Crippen MR) is 112 cm³/mol. The molecule has 2 fully saturated rings. The van der Waals surface area contributed by atoms with Crippen molar-refractivity contribution < 1.29 is 14.3 Å². The zero-order valence-corrected chi connectivity index (χ0v) is 17.3. The van der Waals surface area contributed by atoms with Crippen LogP contribution in [0.25, 0.3) is 10.9 Å². The van der Waals surface area contributed by atoms with Gasteiger partial charge in [0.05, 0.1) is 16.1 Å². The highest BCUT2D eigenvalue weighted by Gasteiger charge is 2.48. The van der Waals surface area contributed by atoms with Gasteiger partial charge in [0.1, 0.15) is 11.4 Å². The van der Waals surface area contributed by atoms with E-state index in [9.17, 15) is 14.7 Å². The van der Waals surface area contributed by atoms with Crippen LogP contribution in [0.4, 0.5) is 10.1 Å². The number of aromatic nitrogens is 1. The molecule has 1 aromatic carbocycles. The molecule has 1 aliphatic heterocycles. The Labute approximate surface area is 173 Å². The Bertz CT molecular complexity index is 1030.